The van der Waals surface area contributed by atoms with E-state index in [4.69, 9.17) is 11.6 Å². The summed E-state index contributed by atoms with van der Waals surface area (Å²) in [5, 5.41) is 2.95. The number of hydrogen-bond donors (Lipinski definition) is 2. The van der Waals surface area contributed by atoms with Crippen molar-refractivity contribution in [2.45, 2.75) is 25.7 Å². The number of pyridine rings is 1. The Hall–Kier alpha value is -3.11. The number of benzene rings is 1. The maximum atomic E-state index is 15.1. The van der Waals surface area contributed by atoms with Crippen LogP contribution in [0.5, 0.6) is 0 Å². The number of amides is 1. The molecule has 0 unspecified atom stereocenters. The van der Waals surface area contributed by atoms with Crippen molar-refractivity contribution in [3.8, 4) is 11.4 Å². The molecule has 0 atom stereocenters. The van der Waals surface area contributed by atoms with Crippen molar-refractivity contribution in [1.82, 2.24) is 9.55 Å². The highest BCUT2D eigenvalue weighted by molar-refractivity contribution is 7.92. The zero-order chi connectivity index (χ0) is 25.7. The van der Waals surface area contributed by atoms with Crippen LogP contribution in [-0.2, 0) is 17.1 Å². The number of carbonyl (C=O) groups is 1. The van der Waals surface area contributed by atoms with Gasteiger partial charge in [-0.2, -0.15) is 0 Å². The van der Waals surface area contributed by atoms with Crippen molar-refractivity contribution in [2.24, 2.45) is 12.5 Å². The number of nitrogens with one attached hydrogen (secondary N) is 2. The van der Waals surface area contributed by atoms with Gasteiger partial charge in [0.1, 0.15) is 5.69 Å². The molecule has 1 saturated heterocycles. The molecule has 11 heteroatoms. The third kappa shape index (κ3) is 5.34. The molecule has 0 bridgehead atoms. The second kappa shape index (κ2) is 9.08. The fourth-order valence-electron chi connectivity index (χ4n) is 4.77. The highest BCUT2D eigenvalue weighted by atomic mass is 35.5. The average molecular weight is 532 g/mol. The monoisotopic (exact) mass is 531 g/mol. The second-order valence-corrected chi connectivity index (χ2v) is 12.0. The molecular formula is C25H27ClFN5O3S. The maximum absolute atomic E-state index is 15.1. The van der Waals surface area contributed by atoms with Crippen molar-refractivity contribution in [3.05, 3.63) is 59.1 Å². The first kappa shape index (κ1) is 24.6. The molecule has 1 aliphatic heterocycles. The normalized spacial score (nSPS) is 16.7. The molecule has 0 radical (unpaired) electrons. The van der Waals surface area contributed by atoms with E-state index in [0.717, 1.165) is 37.9 Å². The quantitative estimate of drug-likeness (QED) is 0.472. The Balaban J connectivity index is 1.32. The smallest absolute Gasteiger partial charge is 0.257 e. The van der Waals surface area contributed by atoms with Gasteiger partial charge >= 0.3 is 0 Å². The van der Waals surface area contributed by atoms with Gasteiger partial charge in [0.15, 0.2) is 5.82 Å². The number of halogens is 2. The summed E-state index contributed by atoms with van der Waals surface area (Å²) in [7, 11) is -1.79. The highest BCUT2D eigenvalue weighted by Gasteiger charge is 2.44. The molecule has 2 fully saturated rings. The van der Waals surface area contributed by atoms with E-state index in [1.807, 2.05) is 0 Å². The van der Waals surface area contributed by atoms with E-state index in [2.05, 4.69) is 19.9 Å². The lowest BCUT2D eigenvalue weighted by atomic mass is 9.93. The first-order chi connectivity index (χ1) is 17.0. The highest BCUT2D eigenvalue weighted by Crippen LogP contribution is 2.53. The van der Waals surface area contributed by atoms with Crippen molar-refractivity contribution >= 4 is 44.6 Å². The van der Waals surface area contributed by atoms with Crippen molar-refractivity contribution in [1.29, 1.82) is 0 Å². The van der Waals surface area contributed by atoms with Crippen LogP contribution in [0.3, 0.4) is 0 Å². The number of rotatable bonds is 6. The van der Waals surface area contributed by atoms with E-state index in [9.17, 15) is 13.2 Å². The summed E-state index contributed by atoms with van der Waals surface area (Å²) in [5.41, 5.74) is 2.77. The van der Waals surface area contributed by atoms with E-state index >= 15 is 4.39 Å². The van der Waals surface area contributed by atoms with Gasteiger partial charge in [0.25, 0.3) is 5.91 Å². The van der Waals surface area contributed by atoms with Crippen molar-refractivity contribution < 1.29 is 17.6 Å². The maximum Gasteiger partial charge on any atom is 0.257 e. The number of aromatic nitrogens is 2. The number of nitrogens with zero attached hydrogens (tertiary/aromatic N) is 3. The fraction of sp³-hybridized carbons (Fsp3) is 0.360. The summed E-state index contributed by atoms with van der Waals surface area (Å²) in [6.07, 6.45) is 9.21. The molecule has 1 spiro atoms. The summed E-state index contributed by atoms with van der Waals surface area (Å²) in [6, 6.07) is 7.48. The third-order valence-electron chi connectivity index (χ3n) is 6.94. The average Bonchev–Trinajstić information content (AvgIpc) is 3.42. The van der Waals surface area contributed by atoms with Gasteiger partial charge in [-0.1, -0.05) is 11.6 Å². The molecule has 3 aromatic rings. The van der Waals surface area contributed by atoms with Crippen LogP contribution >= 0.6 is 11.6 Å². The van der Waals surface area contributed by atoms with Crippen LogP contribution in [0.25, 0.3) is 11.4 Å². The molecule has 2 aromatic heterocycles. The molecular weight excluding hydrogens is 505 g/mol. The van der Waals surface area contributed by atoms with Crippen LogP contribution in [0.2, 0.25) is 5.02 Å². The Morgan fingerprint density at radius 2 is 1.78 bits per heavy atom. The summed E-state index contributed by atoms with van der Waals surface area (Å²) < 4.78 is 42.2. The third-order valence-corrected chi connectivity index (χ3v) is 7.77. The lowest BCUT2D eigenvalue weighted by Gasteiger charge is -2.33. The Morgan fingerprint density at radius 3 is 2.42 bits per heavy atom. The minimum absolute atomic E-state index is 0.165. The zero-order valence-electron chi connectivity index (χ0n) is 20.0. The topological polar surface area (TPSA) is 96.3 Å². The number of anilines is 3. The molecule has 36 heavy (non-hydrogen) atoms. The predicted octanol–water partition coefficient (Wildman–Crippen LogP) is 4.88. The number of carbonyl (C=O) groups excluding carboxylic acids is 1. The molecule has 2 N–H and O–H groups in total. The number of hydrogen-bond acceptors (Lipinski definition) is 5. The summed E-state index contributed by atoms with van der Waals surface area (Å²) >= 11 is 6.08. The van der Waals surface area contributed by atoms with E-state index < -0.39 is 21.7 Å². The van der Waals surface area contributed by atoms with Crippen LogP contribution < -0.4 is 14.9 Å². The molecule has 1 amide bonds. The van der Waals surface area contributed by atoms with Gasteiger partial charge in [-0.25, -0.2) is 17.8 Å². The Labute approximate surface area is 214 Å². The number of aryl methyl sites for hydroxylation is 1. The molecule has 3 heterocycles. The van der Waals surface area contributed by atoms with Gasteiger partial charge < -0.3 is 14.8 Å². The van der Waals surface area contributed by atoms with Crippen LogP contribution in [0.1, 0.15) is 36.0 Å². The van der Waals surface area contributed by atoms with E-state index in [1.165, 1.54) is 37.1 Å². The van der Waals surface area contributed by atoms with Crippen LogP contribution in [0, 0.1) is 11.2 Å². The van der Waals surface area contributed by atoms with Gasteiger partial charge in [0, 0.05) is 43.1 Å². The fourth-order valence-corrected chi connectivity index (χ4v) is 5.55. The summed E-state index contributed by atoms with van der Waals surface area (Å²) in [5.74, 6) is -0.900. The van der Waals surface area contributed by atoms with Crippen molar-refractivity contribution in [3.63, 3.8) is 0 Å². The zero-order valence-corrected chi connectivity index (χ0v) is 21.6. The molecule has 8 nitrogen and oxygen atoms in total. The largest absolute Gasteiger partial charge is 0.370 e. The molecule has 5 rings (SSSR count). The minimum atomic E-state index is -3.51. The molecule has 190 valence electrons. The van der Waals surface area contributed by atoms with Crippen LogP contribution in [-0.4, -0.2) is 43.2 Å². The van der Waals surface area contributed by atoms with Crippen LogP contribution in [0.4, 0.5) is 21.5 Å². The number of piperidine rings is 1. The van der Waals surface area contributed by atoms with E-state index in [0.29, 0.717) is 22.4 Å². The van der Waals surface area contributed by atoms with Gasteiger partial charge in [-0.15, -0.1) is 0 Å². The Bertz CT molecular complexity index is 1440. The molecule has 2 aliphatic rings. The Morgan fingerprint density at radius 1 is 1.08 bits per heavy atom. The summed E-state index contributed by atoms with van der Waals surface area (Å²) in [6.45, 7) is 1.83. The van der Waals surface area contributed by atoms with E-state index in [1.54, 1.807) is 30.1 Å². The van der Waals surface area contributed by atoms with Gasteiger partial charge in [0.05, 0.1) is 35.1 Å². The minimum Gasteiger partial charge on any atom is -0.370 e. The standard InChI is InChI=1S/C25H27ClFN5O3S/c1-31-15-16(24(33)29-18-10-17(26)11-19(12-18)30-36(2,34)35)9-22(31)23-21(27)13-20(14-28-23)32-7-5-25(3-4-25)6-8-32/h9-15,30H,3-8H2,1-2H3,(H,29,33). The van der Waals surface area contributed by atoms with E-state index in [-0.39, 0.29) is 16.4 Å². The second-order valence-electron chi connectivity index (χ2n) is 9.79. The lowest BCUT2D eigenvalue weighted by Crippen LogP contribution is -2.34. The first-order valence-electron chi connectivity index (χ1n) is 11.7. The molecule has 1 saturated carbocycles. The van der Waals surface area contributed by atoms with Crippen LogP contribution in [0.15, 0.2) is 42.7 Å². The Kier molecular flexibility index (Phi) is 6.20. The number of sulfonamides is 1. The first-order valence-corrected chi connectivity index (χ1v) is 13.9. The van der Waals surface area contributed by atoms with Gasteiger partial charge in [-0.05, 0) is 55.4 Å². The lowest BCUT2D eigenvalue weighted by molar-refractivity contribution is 0.102. The molecule has 1 aromatic carbocycles. The van der Waals surface area contributed by atoms with Gasteiger partial charge in [0.2, 0.25) is 10.0 Å². The molecule has 1 aliphatic carbocycles. The SMILES string of the molecule is Cn1cc(C(=O)Nc2cc(Cl)cc(NS(C)(=O)=O)c2)cc1-c1ncc(N2CCC3(CC2)CC3)cc1F. The predicted molar refractivity (Wildman–Crippen MR) is 140 cm³/mol. The summed E-state index contributed by atoms with van der Waals surface area (Å²) in [4.78, 5) is 19.5. The van der Waals surface area contributed by atoms with Crippen molar-refractivity contribution in [2.75, 3.05) is 34.3 Å². The van der Waals surface area contributed by atoms with Gasteiger partial charge in [-0.3, -0.25) is 9.52 Å².